The van der Waals surface area contributed by atoms with Gasteiger partial charge in [-0.15, -0.1) is 11.8 Å². The van der Waals surface area contributed by atoms with Crippen molar-refractivity contribution in [2.24, 2.45) is 0 Å². The monoisotopic (exact) mass is 419 g/mol. The lowest BCUT2D eigenvalue weighted by Gasteiger charge is -2.14. The first-order valence-electron chi connectivity index (χ1n) is 8.81. The number of hydrogen-bond acceptors (Lipinski definition) is 6. The maximum Gasteiger partial charge on any atom is 0.316 e. The molecule has 0 saturated heterocycles. The highest BCUT2D eigenvalue weighted by Gasteiger charge is 2.18. The second kappa shape index (κ2) is 10.6. The van der Waals surface area contributed by atoms with Crippen LogP contribution < -0.4 is 10.1 Å². The molecular formula is C21H22FNO5S. The minimum absolute atomic E-state index is 0.0294. The van der Waals surface area contributed by atoms with Gasteiger partial charge in [0.25, 0.3) is 5.91 Å². The number of carbonyl (C=O) groups excluding carboxylic acids is 3. The second-order valence-corrected chi connectivity index (χ2v) is 7.19. The summed E-state index contributed by atoms with van der Waals surface area (Å²) in [4.78, 5) is 35.6. The number of amides is 1. The van der Waals surface area contributed by atoms with Gasteiger partial charge in [0.05, 0.1) is 12.9 Å². The molecule has 1 N–H and O–H groups in total. The fraction of sp³-hybridized carbons (Fsp3) is 0.286. The Hall–Kier alpha value is -2.87. The number of nitrogens with one attached hydrogen (secondary N) is 1. The number of esters is 1. The Morgan fingerprint density at radius 1 is 1.14 bits per heavy atom. The van der Waals surface area contributed by atoms with E-state index in [1.165, 1.54) is 57.0 Å². The van der Waals surface area contributed by atoms with E-state index in [4.69, 9.17) is 9.47 Å². The minimum atomic E-state index is -0.997. The lowest BCUT2D eigenvalue weighted by Crippen LogP contribution is -2.30. The van der Waals surface area contributed by atoms with E-state index in [0.717, 1.165) is 5.56 Å². The standard InChI is InChI=1S/C21H22FNO5S/c1-13(24)15-4-9-19(27-3)16(10-15)11-29-12-20(25)28-14(2)21(26)23-18-7-5-17(22)6-8-18/h4-10,14H,11-12H2,1-3H3,(H,23,26)/t14-/m1/s1. The Kier molecular flexibility index (Phi) is 8.21. The third kappa shape index (κ3) is 6.90. The quantitative estimate of drug-likeness (QED) is 0.491. The smallest absolute Gasteiger partial charge is 0.316 e. The van der Waals surface area contributed by atoms with E-state index in [2.05, 4.69) is 5.32 Å². The van der Waals surface area contributed by atoms with Gasteiger partial charge in [0, 0.05) is 22.6 Å². The van der Waals surface area contributed by atoms with E-state index in [1.54, 1.807) is 18.2 Å². The van der Waals surface area contributed by atoms with Crippen molar-refractivity contribution in [2.45, 2.75) is 25.7 Å². The van der Waals surface area contributed by atoms with Crippen LogP contribution in [-0.4, -0.2) is 36.6 Å². The van der Waals surface area contributed by atoms with Crippen LogP contribution in [0.2, 0.25) is 0 Å². The maximum absolute atomic E-state index is 12.9. The summed E-state index contributed by atoms with van der Waals surface area (Å²) in [5.74, 6) is -0.423. The number of thioether (sulfide) groups is 1. The summed E-state index contributed by atoms with van der Waals surface area (Å²) < 4.78 is 23.3. The lowest BCUT2D eigenvalue weighted by molar-refractivity contribution is -0.150. The van der Waals surface area contributed by atoms with Gasteiger partial charge in [0.1, 0.15) is 11.6 Å². The molecule has 2 aromatic rings. The van der Waals surface area contributed by atoms with E-state index < -0.39 is 23.8 Å². The number of halogens is 1. The number of Topliss-reactive ketones (excluding diaryl/α,β-unsaturated/α-hetero) is 1. The number of anilines is 1. The van der Waals surface area contributed by atoms with Crippen molar-refractivity contribution >= 4 is 35.1 Å². The van der Waals surface area contributed by atoms with Gasteiger partial charge >= 0.3 is 5.97 Å². The van der Waals surface area contributed by atoms with Crippen molar-refractivity contribution < 1.29 is 28.2 Å². The molecule has 0 unspecified atom stereocenters. The summed E-state index contributed by atoms with van der Waals surface area (Å²) in [6.45, 7) is 2.94. The summed E-state index contributed by atoms with van der Waals surface area (Å²) in [6, 6.07) is 10.4. The average molecular weight is 419 g/mol. The van der Waals surface area contributed by atoms with E-state index in [-0.39, 0.29) is 11.5 Å². The molecule has 0 spiro atoms. The number of benzene rings is 2. The molecule has 0 bridgehead atoms. The first-order chi connectivity index (χ1) is 13.8. The number of carbonyl (C=O) groups is 3. The van der Waals surface area contributed by atoms with Gasteiger partial charge in [-0.3, -0.25) is 14.4 Å². The highest BCUT2D eigenvalue weighted by Crippen LogP contribution is 2.25. The molecule has 1 amide bonds. The van der Waals surface area contributed by atoms with Gasteiger partial charge in [-0.1, -0.05) is 0 Å². The van der Waals surface area contributed by atoms with Gasteiger partial charge in [0.2, 0.25) is 0 Å². The van der Waals surface area contributed by atoms with Crippen LogP contribution in [0.25, 0.3) is 0 Å². The first-order valence-corrected chi connectivity index (χ1v) is 9.97. The largest absolute Gasteiger partial charge is 0.496 e. The van der Waals surface area contributed by atoms with Crippen LogP contribution in [0.1, 0.15) is 29.8 Å². The average Bonchev–Trinajstić information content (AvgIpc) is 2.69. The van der Waals surface area contributed by atoms with Gasteiger partial charge in [-0.25, -0.2) is 4.39 Å². The highest BCUT2D eigenvalue weighted by molar-refractivity contribution is 7.99. The Morgan fingerprint density at radius 3 is 2.45 bits per heavy atom. The SMILES string of the molecule is COc1ccc(C(C)=O)cc1CSCC(=O)O[C@H](C)C(=O)Nc1ccc(F)cc1. The topological polar surface area (TPSA) is 81.7 Å². The molecule has 0 aliphatic carbocycles. The predicted octanol–water partition coefficient (Wildman–Crippen LogP) is 3.84. The Balaban J connectivity index is 1.83. The van der Waals surface area contributed by atoms with Crippen LogP contribution in [-0.2, 0) is 20.1 Å². The van der Waals surface area contributed by atoms with Crippen LogP contribution in [0.5, 0.6) is 5.75 Å². The van der Waals surface area contributed by atoms with Crippen LogP contribution in [0.15, 0.2) is 42.5 Å². The predicted molar refractivity (Wildman–Crippen MR) is 110 cm³/mol. The Labute approximate surface area is 172 Å². The number of hydrogen-bond donors (Lipinski definition) is 1. The molecule has 0 heterocycles. The van der Waals surface area contributed by atoms with Crippen LogP contribution in [0.4, 0.5) is 10.1 Å². The number of ether oxygens (including phenoxy) is 2. The maximum atomic E-state index is 12.9. The molecule has 2 rings (SSSR count). The van der Waals surface area contributed by atoms with Crippen molar-refractivity contribution in [3.63, 3.8) is 0 Å². The molecule has 154 valence electrons. The van der Waals surface area contributed by atoms with Gasteiger partial charge in [-0.05, 0) is 56.3 Å². The van der Waals surface area contributed by atoms with E-state index >= 15 is 0 Å². The minimum Gasteiger partial charge on any atom is -0.496 e. The van der Waals surface area contributed by atoms with Crippen molar-refractivity contribution in [3.8, 4) is 5.75 Å². The first kappa shape index (κ1) is 22.4. The van der Waals surface area contributed by atoms with Gasteiger partial charge in [0.15, 0.2) is 11.9 Å². The third-order valence-corrected chi connectivity index (χ3v) is 4.91. The molecular weight excluding hydrogens is 397 g/mol. The Bertz CT molecular complexity index is 885. The van der Waals surface area contributed by atoms with Crippen LogP contribution in [0.3, 0.4) is 0 Å². The van der Waals surface area contributed by atoms with Crippen molar-refractivity contribution in [2.75, 3.05) is 18.2 Å². The van der Waals surface area contributed by atoms with Crippen molar-refractivity contribution in [1.82, 2.24) is 0 Å². The van der Waals surface area contributed by atoms with Crippen LogP contribution >= 0.6 is 11.8 Å². The van der Waals surface area contributed by atoms with Crippen molar-refractivity contribution in [3.05, 3.63) is 59.4 Å². The second-order valence-electron chi connectivity index (χ2n) is 6.20. The van der Waals surface area contributed by atoms with E-state index in [9.17, 15) is 18.8 Å². The van der Waals surface area contributed by atoms with Gasteiger partial charge in [-0.2, -0.15) is 0 Å². The lowest BCUT2D eigenvalue weighted by atomic mass is 10.1. The normalized spacial score (nSPS) is 11.4. The highest BCUT2D eigenvalue weighted by atomic mass is 32.2. The number of rotatable bonds is 9. The summed E-state index contributed by atoms with van der Waals surface area (Å²) in [5, 5.41) is 2.55. The fourth-order valence-electron chi connectivity index (χ4n) is 2.42. The summed E-state index contributed by atoms with van der Waals surface area (Å²) in [6.07, 6.45) is -0.997. The number of methoxy groups -OCH3 is 1. The summed E-state index contributed by atoms with van der Waals surface area (Å²) in [5.41, 5.74) is 1.77. The molecule has 0 radical (unpaired) electrons. The zero-order valence-corrected chi connectivity index (χ0v) is 17.2. The fourth-order valence-corrected chi connectivity index (χ4v) is 3.20. The third-order valence-electron chi connectivity index (χ3n) is 3.95. The van der Waals surface area contributed by atoms with E-state index in [1.807, 2.05) is 0 Å². The summed E-state index contributed by atoms with van der Waals surface area (Å²) >= 11 is 1.28. The molecule has 29 heavy (non-hydrogen) atoms. The summed E-state index contributed by atoms with van der Waals surface area (Å²) in [7, 11) is 1.53. The van der Waals surface area contributed by atoms with E-state index in [0.29, 0.717) is 22.8 Å². The molecule has 6 nitrogen and oxygen atoms in total. The molecule has 8 heteroatoms. The van der Waals surface area contributed by atoms with Gasteiger partial charge < -0.3 is 14.8 Å². The molecule has 2 aromatic carbocycles. The number of ketones is 1. The zero-order valence-electron chi connectivity index (χ0n) is 16.4. The molecule has 0 fully saturated rings. The molecule has 0 saturated carbocycles. The Morgan fingerprint density at radius 2 is 1.83 bits per heavy atom. The zero-order chi connectivity index (χ0) is 21.4. The van der Waals surface area contributed by atoms with Crippen LogP contribution in [0, 0.1) is 5.82 Å². The van der Waals surface area contributed by atoms with Crippen molar-refractivity contribution in [1.29, 1.82) is 0 Å². The molecule has 0 aliphatic heterocycles. The molecule has 1 atom stereocenters. The molecule has 0 aliphatic rings. The molecule has 0 aromatic heterocycles.